The van der Waals surface area contributed by atoms with Crippen LogP contribution in [0, 0.1) is 0 Å². The monoisotopic (exact) mass is 259 g/mol. The first-order valence-corrected chi connectivity index (χ1v) is 6.19. The van der Waals surface area contributed by atoms with Gasteiger partial charge in [-0.1, -0.05) is 53.3 Å². The average Bonchev–Trinajstić information content (AvgIpc) is 2.43. The minimum atomic E-state index is 0.249. The number of hydrogen-bond acceptors (Lipinski definition) is 2. The smallest absolute Gasteiger partial charge is 0.118 e. The van der Waals surface area contributed by atoms with E-state index in [0.29, 0.717) is 5.25 Å². The maximum Gasteiger partial charge on any atom is 0.118 e. The molecule has 0 bridgehead atoms. The maximum atomic E-state index is 4.47. The van der Waals surface area contributed by atoms with Gasteiger partial charge in [-0.2, -0.15) is 0 Å². The minimum absolute atomic E-state index is 0.249. The molecule has 1 nitrogen and oxygen atoms in total. The Morgan fingerprint density at radius 2 is 2.46 bits per heavy atom. The third-order valence-electron chi connectivity index (χ3n) is 1.75. The van der Waals surface area contributed by atoms with Gasteiger partial charge in [0, 0.05) is 5.25 Å². The van der Waals surface area contributed by atoms with Crippen molar-refractivity contribution < 1.29 is 0 Å². The van der Waals surface area contributed by atoms with E-state index in [4.69, 9.17) is 0 Å². The van der Waals surface area contributed by atoms with Gasteiger partial charge >= 0.3 is 0 Å². The number of thioether (sulfide) groups is 1. The Hall–Kier alpha value is -0.0200. The van der Waals surface area contributed by atoms with Crippen LogP contribution in [-0.4, -0.2) is 15.2 Å². The number of halogens is 1. The number of rotatable bonds is 3. The molecule has 0 radical (unpaired) electrons. The van der Waals surface area contributed by atoms with E-state index < -0.39 is 0 Å². The van der Waals surface area contributed by atoms with Crippen molar-refractivity contribution in [1.82, 2.24) is 0 Å². The van der Waals surface area contributed by atoms with Crippen LogP contribution in [-0.2, 0) is 0 Å². The van der Waals surface area contributed by atoms with Crippen LogP contribution in [0.2, 0.25) is 0 Å². The van der Waals surface area contributed by atoms with Crippen LogP contribution in [0.25, 0.3) is 0 Å². The zero-order chi connectivity index (χ0) is 9.84. The molecular formula is C10H14BrNS. The molecule has 1 aliphatic rings. The maximum absolute atomic E-state index is 4.47. The van der Waals surface area contributed by atoms with E-state index in [1.54, 1.807) is 11.8 Å². The molecule has 1 aliphatic heterocycles. The van der Waals surface area contributed by atoms with Crippen LogP contribution in [0.3, 0.4) is 0 Å². The molecule has 0 saturated carbocycles. The summed E-state index contributed by atoms with van der Waals surface area (Å²) in [5, 5.41) is 1.58. The lowest BCUT2D eigenvalue weighted by Gasteiger charge is -2.01. The van der Waals surface area contributed by atoms with Crippen LogP contribution >= 0.6 is 27.7 Å². The van der Waals surface area contributed by atoms with E-state index in [1.165, 1.54) is 0 Å². The lowest BCUT2D eigenvalue weighted by atomic mass is 10.3. The topological polar surface area (TPSA) is 12.4 Å². The highest BCUT2D eigenvalue weighted by molar-refractivity contribution is 9.09. The van der Waals surface area contributed by atoms with Crippen molar-refractivity contribution in [1.29, 1.82) is 0 Å². The van der Waals surface area contributed by atoms with E-state index in [1.807, 2.05) is 6.08 Å². The van der Waals surface area contributed by atoms with Crippen molar-refractivity contribution in [3.05, 3.63) is 24.3 Å². The number of hydrogen-bond donors (Lipinski definition) is 0. The highest BCUT2D eigenvalue weighted by atomic mass is 79.9. The summed E-state index contributed by atoms with van der Waals surface area (Å²) in [5.74, 6) is 0. The quantitative estimate of drug-likeness (QED) is 0.427. The molecule has 3 heteroatoms. The number of nitrogens with zero attached hydrogens (tertiary/aromatic N) is 1. The summed E-state index contributed by atoms with van der Waals surface area (Å²) < 4.78 is 0. The van der Waals surface area contributed by atoms with Crippen molar-refractivity contribution in [3.63, 3.8) is 0 Å². The molecule has 0 amide bonds. The van der Waals surface area contributed by atoms with E-state index in [0.717, 1.165) is 17.0 Å². The second-order valence-electron chi connectivity index (χ2n) is 2.97. The molecule has 0 saturated heterocycles. The fourth-order valence-corrected chi connectivity index (χ4v) is 2.55. The largest absolute Gasteiger partial charge is 0.262 e. The van der Waals surface area contributed by atoms with Crippen LogP contribution in [0.1, 0.15) is 20.3 Å². The predicted molar refractivity (Wildman–Crippen MR) is 65.8 cm³/mol. The Morgan fingerprint density at radius 1 is 1.77 bits per heavy atom. The SMILES string of the molecule is C=C(C=CCC)C1=NC(Br)C(C)S1. The third-order valence-corrected chi connectivity index (χ3v) is 4.32. The van der Waals surface area contributed by atoms with Crippen molar-refractivity contribution in [2.75, 3.05) is 0 Å². The van der Waals surface area contributed by atoms with Crippen LogP contribution in [0.5, 0.6) is 0 Å². The first-order chi connectivity index (χ1) is 6.15. The van der Waals surface area contributed by atoms with Crippen molar-refractivity contribution >= 4 is 32.7 Å². The molecule has 1 heterocycles. The second kappa shape index (κ2) is 5.01. The van der Waals surface area contributed by atoms with E-state index in [9.17, 15) is 0 Å². The van der Waals surface area contributed by atoms with Crippen molar-refractivity contribution in [2.45, 2.75) is 30.5 Å². The molecule has 0 fully saturated rings. The summed E-state index contributed by atoms with van der Waals surface area (Å²) in [6, 6.07) is 0. The Morgan fingerprint density at radius 3 is 2.92 bits per heavy atom. The average molecular weight is 260 g/mol. The summed E-state index contributed by atoms with van der Waals surface area (Å²) in [4.78, 5) is 4.72. The molecule has 13 heavy (non-hydrogen) atoms. The fourth-order valence-electron chi connectivity index (χ4n) is 0.970. The molecule has 0 aromatic heterocycles. The number of alkyl halides is 1. The molecule has 0 aliphatic carbocycles. The lowest BCUT2D eigenvalue weighted by molar-refractivity contribution is 0.927. The van der Waals surface area contributed by atoms with Crippen LogP contribution in [0.15, 0.2) is 29.3 Å². The lowest BCUT2D eigenvalue weighted by Crippen LogP contribution is -2.03. The zero-order valence-electron chi connectivity index (χ0n) is 7.96. The van der Waals surface area contributed by atoms with Gasteiger partial charge in [0.05, 0.1) is 5.04 Å². The van der Waals surface area contributed by atoms with Crippen molar-refractivity contribution in [3.8, 4) is 0 Å². The van der Waals surface area contributed by atoms with E-state index in [2.05, 4.69) is 47.4 Å². The second-order valence-corrected chi connectivity index (χ2v) is 5.27. The zero-order valence-corrected chi connectivity index (χ0v) is 10.4. The molecule has 0 spiro atoms. The molecule has 2 atom stereocenters. The summed E-state index contributed by atoms with van der Waals surface area (Å²) in [6.07, 6.45) is 5.20. The first kappa shape index (κ1) is 11.1. The molecule has 0 aromatic carbocycles. The number of allylic oxidation sites excluding steroid dienone is 2. The Kier molecular flexibility index (Phi) is 4.26. The molecule has 2 unspecified atom stereocenters. The first-order valence-electron chi connectivity index (χ1n) is 4.39. The van der Waals surface area contributed by atoms with Gasteiger partial charge in [-0.05, 0) is 18.9 Å². The Bertz CT molecular complexity index is 258. The fraction of sp³-hybridized carbons (Fsp3) is 0.500. The van der Waals surface area contributed by atoms with Crippen molar-refractivity contribution in [2.24, 2.45) is 4.99 Å². The van der Waals surface area contributed by atoms with Gasteiger partial charge in [0.15, 0.2) is 0 Å². The normalized spacial score (nSPS) is 28.1. The highest BCUT2D eigenvalue weighted by Crippen LogP contribution is 2.32. The summed E-state index contributed by atoms with van der Waals surface area (Å²) >= 11 is 5.29. The Labute approximate surface area is 92.5 Å². The van der Waals surface area contributed by atoms with Crippen LogP contribution in [0.4, 0.5) is 0 Å². The summed E-state index contributed by atoms with van der Waals surface area (Å²) in [6.45, 7) is 8.26. The van der Waals surface area contributed by atoms with Gasteiger partial charge in [-0.15, -0.1) is 0 Å². The van der Waals surface area contributed by atoms with Gasteiger partial charge in [-0.3, -0.25) is 4.99 Å². The van der Waals surface area contributed by atoms with Gasteiger partial charge in [0.2, 0.25) is 0 Å². The van der Waals surface area contributed by atoms with E-state index in [-0.39, 0.29) is 4.95 Å². The molecule has 0 N–H and O–H groups in total. The molecule has 72 valence electrons. The summed E-state index contributed by atoms with van der Waals surface area (Å²) in [7, 11) is 0. The summed E-state index contributed by atoms with van der Waals surface area (Å²) in [5.41, 5.74) is 1.03. The minimum Gasteiger partial charge on any atom is -0.262 e. The Balaban J connectivity index is 2.59. The van der Waals surface area contributed by atoms with Crippen LogP contribution < -0.4 is 0 Å². The molecular weight excluding hydrogens is 246 g/mol. The number of aliphatic imine (C=N–C) groups is 1. The highest BCUT2D eigenvalue weighted by Gasteiger charge is 2.24. The van der Waals surface area contributed by atoms with Gasteiger partial charge in [0.25, 0.3) is 0 Å². The van der Waals surface area contributed by atoms with Gasteiger partial charge in [-0.25, -0.2) is 0 Å². The van der Waals surface area contributed by atoms with Gasteiger partial charge in [0.1, 0.15) is 4.95 Å². The van der Waals surface area contributed by atoms with Gasteiger partial charge < -0.3 is 0 Å². The standard InChI is InChI=1S/C10H14BrNS/c1-4-5-6-7(2)10-12-9(11)8(3)13-10/h5-6,8-9H,2,4H2,1,3H3. The molecule has 1 rings (SSSR count). The third kappa shape index (κ3) is 2.99. The predicted octanol–water partition coefficient (Wildman–Crippen LogP) is 3.76. The molecule has 0 aromatic rings. The van der Waals surface area contributed by atoms with E-state index >= 15 is 0 Å².